The number of ether oxygens (including phenoxy) is 2. The molecule has 0 radical (unpaired) electrons. The van der Waals surface area contributed by atoms with Crippen LogP contribution < -0.4 is 5.73 Å². The highest BCUT2D eigenvalue weighted by Gasteiger charge is 2.50. The molecule has 31 heavy (non-hydrogen) atoms. The summed E-state index contributed by atoms with van der Waals surface area (Å²) in [5, 5.41) is 8.61. The molecule has 1 heterocycles. The van der Waals surface area contributed by atoms with Gasteiger partial charge in [-0.1, -0.05) is 18.2 Å². The zero-order chi connectivity index (χ0) is 22.0. The molecule has 1 aromatic heterocycles. The molecule has 5 atom stereocenters. The van der Waals surface area contributed by atoms with Crippen LogP contribution in [0.25, 0.3) is 0 Å². The number of rotatable bonds is 5. The van der Waals surface area contributed by atoms with Crippen molar-refractivity contribution in [3.63, 3.8) is 0 Å². The molecule has 1 amide bonds. The Morgan fingerprint density at radius 3 is 2.74 bits per heavy atom. The maximum Gasteiger partial charge on any atom is 0.508 e. The number of primary amides is 1. The summed E-state index contributed by atoms with van der Waals surface area (Å²) in [7, 11) is 0. The van der Waals surface area contributed by atoms with Crippen LogP contribution in [0.4, 0.5) is 4.79 Å². The number of aryl methyl sites for hydroxylation is 2. The van der Waals surface area contributed by atoms with Crippen molar-refractivity contribution in [2.24, 2.45) is 28.9 Å². The fourth-order valence-electron chi connectivity index (χ4n) is 5.32. The molecule has 0 spiro atoms. The van der Waals surface area contributed by atoms with E-state index in [1.807, 2.05) is 23.8 Å². The van der Waals surface area contributed by atoms with Gasteiger partial charge in [0.1, 0.15) is 6.10 Å². The number of carbonyl (C=O) groups is 2. The van der Waals surface area contributed by atoms with E-state index in [-0.39, 0.29) is 12.0 Å². The predicted molar refractivity (Wildman–Crippen MR) is 114 cm³/mol. The van der Waals surface area contributed by atoms with Crippen molar-refractivity contribution in [1.82, 2.24) is 15.0 Å². The van der Waals surface area contributed by atoms with E-state index in [0.717, 1.165) is 50.8 Å². The molecule has 5 unspecified atom stereocenters. The maximum atomic E-state index is 12.3. The highest BCUT2D eigenvalue weighted by molar-refractivity contribution is 5.80. The van der Waals surface area contributed by atoms with Crippen molar-refractivity contribution >= 4 is 12.1 Å². The second kappa shape index (κ2) is 9.01. The largest absolute Gasteiger partial charge is 0.508 e. The number of allylic oxidation sites excluding steroid dienone is 1. The number of aromatic nitrogens is 3. The Morgan fingerprint density at radius 2 is 2.00 bits per heavy atom. The van der Waals surface area contributed by atoms with Gasteiger partial charge in [-0.15, -0.1) is 5.10 Å². The van der Waals surface area contributed by atoms with E-state index in [0.29, 0.717) is 37.2 Å². The number of nitrogens with zero attached hydrogens (tertiary/aromatic N) is 3. The van der Waals surface area contributed by atoms with E-state index in [2.05, 4.69) is 17.2 Å². The van der Waals surface area contributed by atoms with Gasteiger partial charge in [0.2, 0.25) is 5.91 Å². The van der Waals surface area contributed by atoms with E-state index in [9.17, 15) is 9.59 Å². The first-order valence-electron chi connectivity index (χ1n) is 11.6. The van der Waals surface area contributed by atoms with E-state index in [1.54, 1.807) is 0 Å². The van der Waals surface area contributed by atoms with Gasteiger partial charge in [-0.05, 0) is 82.1 Å². The highest BCUT2D eigenvalue weighted by atomic mass is 16.7. The number of amides is 1. The van der Waals surface area contributed by atoms with Crippen LogP contribution in [0.5, 0.6) is 0 Å². The zero-order valence-electron chi connectivity index (χ0n) is 18.6. The third-order valence-corrected chi connectivity index (χ3v) is 7.59. The number of nitrogens with two attached hydrogens (primary N) is 1. The summed E-state index contributed by atoms with van der Waals surface area (Å²) in [6.07, 6.45) is 9.58. The first kappa shape index (κ1) is 21.8. The van der Waals surface area contributed by atoms with Crippen LogP contribution in [-0.2, 0) is 33.7 Å². The average molecular weight is 431 g/mol. The summed E-state index contributed by atoms with van der Waals surface area (Å²) in [5.74, 6) is 1.30. The van der Waals surface area contributed by atoms with Crippen LogP contribution in [0.3, 0.4) is 0 Å². The van der Waals surface area contributed by atoms with Gasteiger partial charge in [0.05, 0.1) is 18.0 Å². The SMILES string of the molecule is CCn1nnc2c1CCC1C(CC2)C1COC(=O)OC1/C=C/CCC(C)(C(N)=O)CC1. The molecule has 3 aliphatic rings. The molecule has 4 rings (SSSR count). The van der Waals surface area contributed by atoms with Gasteiger partial charge in [0.15, 0.2) is 0 Å². The first-order chi connectivity index (χ1) is 14.9. The minimum absolute atomic E-state index is 0.295. The van der Waals surface area contributed by atoms with Crippen molar-refractivity contribution in [2.75, 3.05) is 6.61 Å². The van der Waals surface area contributed by atoms with Gasteiger partial charge in [0, 0.05) is 12.0 Å². The van der Waals surface area contributed by atoms with Gasteiger partial charge in [-0.3, -0.25) is 4.79 Å². The lowest BCUT2D eigenvalue weighted by molar-refractivity contribution is -0.127. The van der Waals surface area contributed by atoms with Crippen LogP contribution in [0.15, 0.2) is 12.2 Å². The summed E-state index contributed by atoms with van der Waals surface area (Å²) in [6.45, 7) is 5.24. The fraction of sp³-hybridized carbons (Fsp3) is 0.739. The lowest BCUT2D eigenvalue weighted by Gasteiger charge is -2.28. The Balaban J connectivity index is 1.24. The number of fused-ring (bicyclic) bond motifs is 2. The first-order valence-corrected chi connectivity index (χ1v) is 11.6. The van der Waals surface area contributed by atoms with Crippen LogP contribution in [0, 0.1) is 23.2 Å². The Bertz CT molecular complexity index is 851. The van der Waals surface area contributed by atoms with Crippen molar-refractivity contribution in [2.45, 2.75) is 77.9 Å². The molecular formula is C23H34N4O4. The molecule has 8 nitrogen and oxygen atoms in total. The number of carbonyl (C=O) groups excluding carboxylic acids is 2. The van der Waals surface area contributed by atoms with Gasteiger partial charge >= 0.3 is 6.16 Å². The lowest BCUT2D eigenvalue weighted by atomic mass is 9.78. The topological polar surface area (TPSA) is 109 Å². The highest BCUT2D eigenvalue weighted by Crippen LogP contribution is 2.53. The summed E-state index contributed by atoms with van der Waals surface area (Å²) >= 11 is 0. The predicted octanol–water partition coefficient (Wildman–Crippen LogP) is 3.18. The van der Waals surface area contributed by atoms with Crippen molar-refractivity contribution in [3.8, 4) is 0 Å². The molecule has 0 bridgehead atoms. The van der Waals surface area contributed by atoms with Crippen LogP contribution in [0.1, 0.15) is 63.8 Å². The van der Waals surface area contributed by atoms with E-state index < -0.39 is 11.6 Å². The molecule has 0 saturated heterocycles. The molecule has 8 heteroatoms. The fourth-order valence-corrected chi connectivity index (χ4v) is 5.32. The number of hydrogen-bond acceptors (Lipinski definition) is 6. The minimum atomic E-state index is -0.623. The molecule has 2 N–H and O–H groups in total. The second-order valence-corrected chi connectivity index (χ2v) is 9.52. The van der Waals surface area contributed by atoms with Crippen LogP contribution in [0.2, 0.25) is 0 Å². The van der Waals surface area contributed by atoms with Crippen LogP contribution in [-0.4, -0.2) is 39.8 Å². The summed E-state index contributed by atoms with van der Waals surface area (Å²) in [5.41, 5.74) is 7.41. The van der Waals surface area contributed by atoms with Gasteiger partial charge in [0.25, 0.3) is 0 Å². The average Bonchev–Trinajstić information content (AvgIpc) is 3.22. The standard InChI is InChI=1S/C23H34N4O4/c1-3-27-20-10-8-17-16(7-9-19(20)25-26-27)18(17)14-30-22(29)31-15-6-4-5-12-23(2,13-11-15)21(24)28/h4,6,15-18H,3,5,7-14H2,1-2H3,(H2,24,28)/b6-4+. The van der Waals surface area contributed by atoms with Gasteiger partial charge < -0.3 is 15.2 Å². The Hall–Kier alpha value is -2.38. The van der Waals surface area contributed by atoms with E-state index >= 15 is 0 Å². The summed E-state index contributed by atoms with van der Waals surface area (Å²) in [4.78, 5) is 24.1. The smallest absolute Gasteiger partial charge is 0.434 e. The van der Waals surface area contributed by atoms with Crippen molar-refractivity contribution < 1.29 is 19.1 Å². The lowest BCUT2D eigenvalue weighted by Crippen LogP contribution is -2.36. The molecule has 1 aromatic rings. The molecule has 0 aromatic carbocycles. The maximum absolute atomic E-state index is 12.3. The van der Waals surface area contributed by atoms with E-state index in [4.69, 9.17) is 15.2 Å². The molecule has 1 fully saturated rings. The molecule has 170 valence electrons. The quantitative estimate of drug-likeness (QED) is 0.568. The monoisotopic (exact) mass is 430 g/mol. The third kappa shape index (κ3) is 4.77. The summed E-state index contributed by atoms with van der Waals surface area (Å²) < 4.78 is 13.0. The van der Waals surface area contributed by atoms with Crippen molar-refractivity contribution in [3.05, 3.63) is 23.5 Å². The third-order valence-electron chi connectivity index (χ3n) is 7.59. The normalized spacial score (nSPS) is 33.5. The molecular weight excluding hydrogens is 396 g/mol. The minimum Gasteiger partial charge on any atom is -0.434 e. The number of hydrogen-bond donors (Lipinski definition) is 1. The summed E-state index contributed by atoms with van der Waals surface area (Å²) in [6, 6.07) is 0. The molecule has 3 aliphatic carbocycles. The van der Waals surface area contributed by atoms with Crippen LogP contribution >= 0.6 is 0 Å². The second-order valence-electron chi connectivity index (χ2n) is 9.52. The van der Waals surface area contributed by atoms with E-state index in [1.165, 1.54) is 5.69 Å². The molecule has 0 aliphatic heterocycles. The van der Waals surface area contributed by atoms with Gasteiger partial charge in [-0.2, -0.15) is 0 Å². The Kier molecular flexibility index (Phi) is 6.34. The molecule has 1 saturated carbocycles. The van der Waals surface area contributed by atoms with Gasteiger partial charge in [-0.25, -0.2) is 9.48 Å². The zero-order valence-corrected chi connectivity index (χ0v) is 18.6. The Labute approximate surface area is 183 Å². The van der Waals surface area contributed by atoms with Crippen molar-refractivity contribution in [1.29, 1.82) is 0 Å². The Morgan fingerprint density at radius 1 is 1.23 bits per heavy atom.